The van der Waals surface area contributed by atoms with Crippen LogP contribution < -0.4 is 4.74 Å². The predicted molar refractivity (Wildman–Crippen MR) is 101 cm³/mol. The smallest absolute Gasteiger partial charge is 0.243 e. The largest absolute Gasteiger partial charge is 0.496 e. The number of hydrogen-bond acceptors (Lipinski definition) is 5. The van der Waals surface area contributed by atoms with E-state index in [9.17, 15) is 8.42 Å². The van der Waals surface area contributed by atoms with Gasteiger partial charge in [-0.15, -0.1) is 0 Å². The molecule has 2 heterocycles. The van der Waals surface area contributed by atoms with Crippen molar-refractivity contribution in [3.05, 3.63) is 53.3 Å². The third-order valence-electron chi connectivity index (χ3n) is 4.77. The maximum absolute atomic E-state index is 13.1. The molecule has 1 aromatic carbocycles. The minimum absolute atomic E-state index is 0.372. The minimum Gasteiger partial charge on any atom is -0.496 e. The molecule has 0 saturated carbocycles. The van der Waals surface area contributed by atoms with E-state index in [2.05, 4.69) is 9.88 Å². The van der Waals surface area contributed by atoms with Crippen molar-refractivity contribution in [2.75, 3.05) is 33.3 Å². The Morgan fingerprint density at radius 1 is 1.12 bits per heavy atom. The number of methoxy groups -OCH3 is 1. The molecule has 3 rings (SSSR count). The number of aryl methyl sites for hydroxylation is 2. The summed E-state index contributed by atoms with van der Waals surface area (Å²) >= 11 is 0. The fourth-order valence-electron chi connectivity index (χ4n) is 3.28. The van der Waals surface area contributed by atoms with Crippen LogP contribution in [0.25, 0.3) is 0 Å². The lowest BCUT2D eigenvalue weighted by Crippen LogP contribution is -2.48. The van der Waals surface area contributed by atoms with Gasteiger partial charge in [-0.2, -0.15) is 4.31 Å². The first-order valence-corrected chi connectivity index (χ1v) is 10.1. The second-order valence-corrected chi connectivity index (χ2v) is 8.54. The molecule has 1 aromatic heterocycles. The van der Waals surface area contributed by atoms with E-state index in [1.165, 1.54) is 0 Å². The lowest BCUT2D eigenvalue weighted by Gasteiger charge is -2.34. The van der Waals surface area contributed by atoms with E-state index < -0.39 is 10.0 Å². The topological polar surface area (TPSA) is 62.7 Å². The Morgan fingerprint density at radius 2 is 1.85 bits per heavy atom. The summed E-state index contributed by atoms with van der Waals surface area (Å²) in [4.78, 5) is 6.76. The SMILES string of the molecule is COc1cc(C)c(S(=O)(=O)N2CCN(Cc3cccnc3)CC2)cc1C. The van der Waals surface area contributed by atoms with Gasteiger partial charge in [0.15, 0.2) is 0 Å². The lowest BCUT2D eigenvalue weighted by molar-refractivity contribution is 0.181. The van der Waals surface area contributed by atoms with Gasteiger partial charge >= 0.3 is 0 Å². The van der Waals surface area contributed by atoms with E-state index in [1.807, 2.05) is 32.2 Å². The molecule has 1 aliphatic heterocycles. The number of pyridine rings is 1. The molecule has 140 valence electrons. The van der Waals surface area contributed by atoms with Gasteiger partial charge in [-0.25, -0.2) is 8.42 Å². The number of benzene rings is 1. The molecule has 1 fully saturated rings. The molecule has 7 heteroatoms. The Morgan fingerprint density at radius 3 is 2.46 bits per heavy atom. The van der Waals surface area contributed by atoms with Crippen molar-refractivity contribution in [1.82, 2.24) is 14.2 Å². The van der Waals surface area contributed by atoms with Gasteiger partial charge in [0, 0.05) is 45.1 Å². The highest BCUT2D eigenvalue weighted by atomic mass is 32.2. The molecule has 1 saturated heterocycles. The molecular formula is C19H25N3O3S. The maximum atomic E-state index is 13.1. The van der Waals surface area contributed by atoms with Crippen molar-refractivity contribution in [1.29, 1.82) is 0 Å². The molecule has 6 nitrogen and oxygen atoms in total. The maximum Gasteiger partial charge on any atom is 0.243 e. The number of ether oxygens (including phenoxy) is 1. The van der Waals surface area contributed by atoms with Gasteiger partial charge in [0.25, 0.3) is 0 Å². The highest BCUT2D eigenvalue weighted by molar-refractivity contribution is 7.89. The summed E-state index contributed by atoms with van der Waals surface area (Å²) in [6.45, 7) is 6.88. The first-order valence-electron chi connectivity index (χ1n) is 8.68. The zero-order valence-electron chi connectivity index (χ0n) is 15.5. The summed E-state index contributed by atoms with van der Waals surface area (Å²) in [6, 6.07) is 7.47. The molecule has 0 radical (unpaired) electrons. The first-order chi connectivity index (χ1) is 12.4. The van der Waals surface area contributed by atoms with Crippen molar-refractivity contribution < 1.29 is 13.2 Å². The molecule has 0 unspecified atom stereocenters. The molecule has 0 N–H and O–H groups in total. The van der Waals surface area contributed by atoms with Crippen molar-refractivity contribution >= 4 is 10.0 Å². The second kappa shape index (κ2) is 7.73. The lowest BCUT2D eigenvalue weighted by atomic mass is 10.1. The molecular weight excluding hydrogens is 350 g/mol. The molecule has 1 aliphatic rings. The number of rotatable bonds is 5. The van der Waals surface area contributed by atoms with E-state index in [0.29, 0.717) is 42.4 Å². The van der Waals surface area contributed by atoms with E-state index >= 15 is 0 Å². The standard InChI is InChI=1S/C19H25N3O3S/c1-15-12-19(16(2)11-18(15)25-3)26(23,24)22-9-7-21(8-10-22)14-17-5-4-6-20-13-17/h4-6,11-13H,7-10,14H2,1-3H3. The molecule has 0 spiro atoms. The summed E-state index contributed by atoms with van der Waals surface area (Å²) in [6.07, 6.45) is 3.61. The molecule has 2 aromatic rings. The number of hydrogen-bond donors (Lipinski definition) is 0. The van der Waals surface area contributed by atoms with Crippen LogP contribution >= 0.6 is 0 Å². The molecule has 0 atom stereocenters. The number of piperazine rings is 1. The van der Waals surface area contributed by atoms with Gasteiger partial charge in [0.05, 0.1) is 12.0 Å². The summed E-state index contributed by atoms with van der Waals surface area (Å²) in [5.41, 5.74) is 2.68. The monoisotopic (exact) mass is 375 g/mol. The van der Waals surface area contributed by atoms with Crippen molar-refractivity contribution in [2.45, 2.75) is 25.3 Å². The van der Waals surface area contributed by atoms with Gasteiger partial charge in [0.1, 0.15) is 5.75 Å². The molecule has 0 amide bonds. The highest BCUT2D eigenvalue weighted by Gasteiger charge is 2.30. The minimum atomic E-state index is -3.50. The van der Waals surface area contributed by atoms with Crippen LogP contribution in [0, 0.1) is 13.8 Å². The van der Waals surface area contributed by atoms with Crippen LogP contribution in [0.4, 0.5) is 0 Å². The van der Waals surface area contributed by atoms with Crippen molar-refractivity contribution in [3.63, 3.8) is 0 Å². The Bertz CT molecular complexity index is 861. The average molecular weight is 375 g/mol. The van der Waals surface area contributed by atoms with Gasteiger partial charge in [-0.3, -0.25) is 9.88 Å². The molecule has 26 heavy (non-hydrogen) atoms. The summed E-state index contributed by atoms with van der Waals surface area (Å²) in [5, 5.41) is 0. The third kappa shape index (κ3) is 3.90. The predicted octanol–water partition coefficient (Wildman–Crippen LogP) is 2.21. The fourth-order valence-corrected chi connectivity index (χ4v) is 4.99. The van der Waals surface area contributed by atoms with E-state index in [4.69, 9.17) is 4.74 Å². The van der Waals surface area contributed by atoms with Gasteiger partial charge in [-0.05, 0) is 48.7 Å². The van der Waals surface area contributed by atoms with E-state index in [0.717, 1.165) is 17.7 Å². The summed E-state index contributed by atoms with van der Waals surface area (Å²) in [7, 11) is -1.90. The average Bonchev–Trinajstić information content (AvgIpc) is 2.64. The van der Waals surface area contributed by atoms with E-state index in [1.54, 1.807) is 29.7 Å². The zero-order chi connectivity index (χ0) is 18.7. The molecule has 0 bridgehead atoms. The third-order valence-corrected chi connectivity index (χ3v) is 6.81. The van der Waals surface area contributed by atoms with Crippen molar-refractivity contribution in [2.24, 2.45) is 0 Å². The van der Waals surface area contributed by atoms with Crippen LogP contribution in [0.1, 0.15) is 16.7 Å². The normalized spacial score (nSPS) is 16.6. The van der Waals surface area contributed by atoms with Gasteiger partial charge in [0.2, 0.25) is 10.0 Å². The van der Waals surface area contributed by atoms with Crippen LogP contribution in [-0.2, 0) is 16.6 Å². The summed E-state index contributed by atoms with van der Waals surface area (Å²) < 4.78 is 33.0. The Balaban J connectivity index is 1.71. The van der Waals surface area contributed by atoms with Crippen LogP contribution in [0.5, 0.6) is 5.75 Å². The highest BCUT2D eigenvalue weighted by Crippen LogP contribution is 2.28. The fraction of sp³-hybridized carbons (Fsp3) is 0.421. The van der Waals surface area contributed by atoms with Crippen molar-refractivity contribution in [3.8, 4) is 5.75 Å². The van der Waals surface area contributed by atoms with Crippen LogP contribution in [0.2, 0.25) is 0 Å². The number of sulfonamides is 1. The Labute approximate surface area is 155 Å². The second-order valence-electron chi connectivity index (χ2n) is 6.63. The zero-order valence-corrected chi connectivity index (χ0v) is 16.3. The quantitative estimate of drug-likeness (QED) is 0.802. The van der Waals surface area contributed by atoms with Crippen LogP contribution in [0.3, 0.4) is 0 Å². The number of aromatic nitrogens is 1. The Kier molecular flexibility index (Phi) is 5.60. The first kappa shape index (κ1) is 18.8. The molecule has 0 aliphatic carbocycles. The summed E-state index contributed by atoms with van der Waals surface area (Å²) in [5.74, 6) is 0.711. The van der Waals surface area contributed by atoms with Gasteiger partial charge < -0.3 is 4.74 Å². The Hall–Kier alpha value is -1.96. The van der Waals surface area contributed by atoms with Crippen LogP contribution in [-0.4, -0.2) is 55.9 Å². The number of nitrogens with zero attached hydrogens (tertiary/aromatic N) is 3. The van der Waals surface area contributed by atoms with E-state index in [-0.39, 0.29) is 0 Å². The van der Waals surface area contributed by atoms with Crippen LogP contribution in [0.15, 0.2) is 41.6 Å². The van der Waals surface area contributed by atoms with Gasteiger partial charge in [-0.1, -0.05) is 6.07 Å².